The second-order valence-corrected chi connectivity index (χ2v) is 3.75. The lowest BCUT2D eigenvalue weighted by Crippen LogP contribution is -2.32. The average Bonchev–Trinajstić information content (AvgIpc) is 3.06. The van der Waals surface area contributed by atoms with Crippen LogP contribution >= 0.6 is 11.6 Å². The standard InChI is InChI=1S/C6H14O3.C3H5ClO/c1-2-6(3-7,4-8)5-9;4-1-3-2-5-3/h7-9H,2-5H2,1H3;3H,1-2H2. The average molecular weight is 227 g/mol. The first-order valence-corrected chi connectivity index (χ1v) is 5.21. The number of rotatable bonds is 5. The zero-order chi connectivity index (χ0) is 11.0. The van der Waals surface area contributed by atoms with Crippen LogP contribution in [0, 0.1) is 5.41 Å². The van der Waals surface area contributed by atoms with Crippen molar-refractivity contribution in [3.05, 3.63) is 0 Å². The fourth-order valence-corrected chi connectivity index (χ4v) is 0.821. The van der Waals surface area contributed by atoms with E-state index in [2.05, 4.69) is 0 Å². The van der Waals surface area contributed by atoms with Gasteiger partial charge in [0.25, 0.3) is 0 Å². The molecule has 0 aromatic carbocycles. The highest BCUT2D eigenvalue weighted by Crippen LogP contribution is 2.18. The molecule has 1 unspecified atom stereocenters. The van der Waals surface area contributed by atoms with Gasteiger partial charge in [0.2, 0.25) is 0 Å². The zero-order valence-electron chi connectivity index (χ0n) is 8.45. The smallest absolute Gasteiger partial charge is 0.0944 e. The molecule has 5 heteroatoms. The molecule has 0 aromatic rings. The summed E-state index contributed by atoms with van der Waals surface area (Å²) in [5.74, 6) is 0.667. The number of halogens is 1. The third-order valence-corrected chi connectivity index (χ3v) is 2.67. The van der Waals surface area contributed by atoms with E-state index in [-0.39, 0.29) is 19.8 Å². The Balaban J connectivity index is 0.000000280. The van der Waals surface area contributed by atoms with Crippen molar-refractivity contribution in [1.82, 2.24) is 0 Å². The molecule has 1 atom stereocenters. The SMILES string of the molecule is CCC(CO)(CO)CO.ClCC1CO1. The van der Waals surface area contributed by atoms with Gasteiger partial charge in [0, 0.05) is 5.41 Å². The fraction of sp³-hybridized carbons (Fsp3) is 1.00. The van der Waals surface area contributed by atoms with Crippen LogP contribution in [0.25, 0.3) is 0 Å². The van der Waals surface area contributed by atoms with Gasteiger partial charge in [-0.1, -0.05) is 6.92 Å². The molecule has 0 radical (unpaired) electrons. The molecule has 1 heterocycles. The van der Waals surface area contributed by atoms with Crippen LogP contribution in [-0.2, 0) is 4.74 Å². The quantitative estimate of drug-likeness (QED) is 0.455. The zero-order valence-corrected chi connectivity index (χ0v) is 9.20. The van der Waals surface area contributed by atoms with Gasteiger partial charge in [-0.15, -0.1) is 11.6 Å². The summed E-state index contributed by atoms with van der Waals surface area (Å²) >= 11 is 5.27. The van der Waals surface area contributed by atoms with Crippen LogP contribution in [-0.4, -0.2) is 53.7 Å². The summed E-state index contributed by atoms with van der Waals surface area (Å²) in [6.45, 7) is 2.23. The first-order chi connectivity index (χ1) is 6.67. The van der Waals surface area contributed by atoms with Gasteiger partial charge < -0.3 is 20.1 Å². The monoisotopic (exact) mass is 226 g/mol. The van der Waals surface area contributed by atoms with Crippen molar-refractivity contribution in [3.63, 3.8) is 0 Å². The molecule has 0 saturated carbocycles. The van der Waals surface area contributed by atoms with Crippen molar-refractivity contribution in [1.29, 1.82) is 0 Å². The van der Waals surface area contributed by atoms with Crippen molar-refractivity contribution in [2.24, 2.45) is 5.41 Å². The Labute approximate surface area is 89.5 Å². The van der Waals surface area contributed by atoms with Gasteiger partial charge in [0.15, 0.2) is 0 Å². The van der Waals surface area contributed by atoms with Gasteiger partial charge >= 0.3 is 0 Å². The Morgan fingerprint density at radius 1 is 1.29 bits per heavy atom. The number of aliphatic hydroxyl groups is 3. The van der Waals surface area contributed by atoms with E-state index in [4.69, 9.17) is 31.7 Å². The molecular weight excluding hydrogens is 208 g/mol. The maximum absolute atomic E-state index is 8.66. The van der Waals surface area contributed by atoms with Crippen molar-refractivity contribution < 1.29 is 20.1 Å². The number of aliphatic hydroxyl groups excluding tert-OH is 3. The minimum atomic E-state index is -0.667. The maximum atomic E-state index is 8.66. The van der Waals surface area contributed by atoms with Crippen molar-refractivity contribution in [2.45, 2.75) is 19.4 Å². The highest BCUT2D eigenvalue weighted by molar-refractivity contribution is 6.18. The van der Waals surface area contributed by atoms with E-state index in [1.54, 1.807) is 0 Å². The lowest BCUT2D eigenvalue weighted by atomic mass is 9.88. The molecule has 0 aromatic heterocycles. The molecule has 0 spiro atoms. The third kappa shape index (κ3) is 5.12. The van der Waals surface area contributed by atoms with E-state index in [0.717, 1.165) is 6.61 Å². The largest absolute Gasteiger partial charge is 0.396 e. The molecule has 1 aliphatic rings. The van der Waals surface area contributed by atoms with E-state index in [1.807, 2.05) is 6.92 Å². The van der Waals surface area contributed by atoms with E-state index < -0.39 is 5.41 Å². The first-order valence-electron chi connectivity index (χ1n) is 4.68. The summed E-state index contributed by atoms with van der Waals surface area (Å²) in [7, 11) is 0. The second kappa shape index (κ2) is 7.43. The van der Waals surface area contributed by atoms with E-state index in [9.17, 15) is 0 Å². The van der Waals surface area contributed by atoms with Crippen molar-refractivity contribution in [3.8, 4) is 0 Å². The Hall–Kier alpha value is 0.130. The molecule has 0 amide bonds. The topological polar surface area (TPSA) is 73.2 Å². The highest BCUT2D eigenvalue weighted by Gasteiger charge is 2.24. The van der Waals surface area contributed by atoms with Gasteiger partial charge in [0.1, 0.15) is 0 Å². The minimum absolute atomic E-state index is 0.156. The van der Waals surface area contributed by atoms with Gasteiger partial charge in [-0.2, -0.15) is 0 Å². The van der Waals surface area contributed by atoms with Crippen LogP contribution < -0.4 is 0 Å². The minimum Gasteiger partial charge on any atom is -0.396 e. The number of epoxide rings is 1. The van der Waals surface area contributed by atoms with Crippen LogP contribution in [0.5, 0.6) is 0 Å². The first kappa shape index (κ1) is 14.1. The van der Waals surface area contributed by atoms with E-state index >= 15 is 0 Å². The Morgan fingerprint density at radius 3 is 1.71 bits per heavy atom. The Bertz CT molecular complexity index is 117. The van der Waals surface area contributed by atoms with Crippen LogP contribution in [0.2, 0.25) is 0 Å². The molecular formula is C9H19ClO4. The molecule has 0 bridgehead atoms. The fourth-order valence-electron chi connectivity index (χ4n) is 0.643. The number of hydrogen-bond acceptors (Lipinski definition) is 4. The van der Waals surface area contributed by atoms with Crippen molar-refractivity contribution in [2.75, 3.05) is 32.3 Å². The summed E-state index contributed by atoms with van der Waals surface area (Å²) in [4.78, 5) is 0. The molecule has 86 valence electrons. The van der Waals surface area contributed by atoms with E-state index in [0.29, 0.717) is 18.4 Å². The molecule has 0 aliphatic carbocycles. The van der Waals surface area contributed by atoms with Crippen LogP contribution in [0.4, 0.5) is 0 Å². The summed E-state index contributed by atoms with van der Waals surface area (Å²) in [5, 5.41) is 26.0. The summed E-state index contributed by atoms with van der Waals surface area (Å²) in [5.41, 5.74) is -0.667. The van der Waals surface area contributed by atoms with E-state index in [1.165, 1.54) is 0 Å². The van der Waals surface area contributed by atoms with Crippen molar-refractivity contribution >= 4 is 11.6 Å². The van der Waals surface area contributed by atoms with Crippen LogP contribution in [0.15, 0.2) is 0 Å². The summed E-state index contributed by atoms with van der Waals surface area (Å²) in [6, 6.07) is 0. The molecule has 1 fully saturated rings. The van der Waals surface area contributed by atoms with Gasteiger partial charge in [-0.25, -0.2) is 0 Å². The number of hydrogen-bond donors (Lipinski definition) is 3. The lowest BCUT2D eigenvalue weighted by molar-refractivity contribution is 0.00304. The van der Waals surface area contributed by atoms with Crippen LogP contribution in [0.1, 0.15) is 13.3 Å². The molecule has 4 nitrogen and oxygen atoms in total. The molecule has 3 N–H and O–H groups in total. The molecule has 1 saturated heterocycles. The molecule has 14 heavy (non-hydrogen) atoms. The normalized spacial score (nSPS) is 19.9. The Morgan fingerprint density at radius 2 is 1.71 bits per heavy atom. The maximum Gasteiger partial charge on any atom is 0.0944 e. The van der Waals surface area contributed by atoms with Crippen LogP contribution in [0.3, 0.4) is 0 Å². The molecule has 1 rings (SSSR count). The van der Waals surface area contributed by atoms with Gasteiger partial charge in [-0.3, -0.25) is 0 Å². The predicted molar refractivity (Wildman–Crippen MR) is 54.4 cm³/mol. The highest BCUT2D eigenvalue weighted by atomic mass is 35.5. The molecule has 1 aliphatic heterocycles. The number of ether oxygens (including phenoxy) is 1. The lowest BCUT2D eigenvalue weighted by Gasteiger charge is -2.24. The van der Waals surface area contributed by atoms with Gasteiger partial charge in [0.05, 0.1) is 38.4 Å². The third-order valence-electron chi connectivity index (χ3n) is 2.33. The van der Waals surface area contributed by atoms with Gasteiger partial charge in [-0.05, 0) is 6.42 Å². The summed E-state index contributed by atoms with van der Waals surface area (Å²) < 4.78 is 4.73. The Kier molecular flexibility index (Phi) is 7.49. The number of alkyl halides is 1. The summed E-state index contributed by atoms with van der Waals surface area (Å²) in [6.07, 6.45) is 0.993. The second-order valence-electron chi connectivity index (χ2n) is 3.44. The predicted octanol–water partition coefficient (Wildman–Crippen LogP) is -0.0163.